The highest BCUT2D eigenvalue weighted by atomic mass is 32.2. The molecule has 0 bridgehead atoms. The van der Waals surface area contributed by atoms with Crippen LogP contribution in [0.15, 0.2) is 41.6 Å². The second kappa shape index (κ2) is 7.42. The fraction of sp³-hybridized carbons (Fsp3) is 0.438. The van der Waals surface area contributed by atoms with Gasteiger partial charge in [-0.25, -0.2) is 13.1 Å². The smallest absolute Gasteiger partial charge is 0.293 e. The van der Waals surface area contributed by atoms with Crippen molar-refractivity contribution in [1.82, 2.24) is 14.5 Å². The van der Waals surface area contributed by atoms with Crippen LogP contribution < -0.4 is 10.0 Å². The number of aromatic nitrogens is 2. The summed E-state index contributed by atoms with van der Waals surface area (Å²) in [6.07, 6.45) is 7.49. The fourth-order valence-electron chi connectivity index (χ4n) is 3.34. The molecule has 0 radical (unpaired) electrons. The Balaban J connectivity index is 1.92. The molecule has 140 valence electrons. The van der Waals surface area contributed by atoms with Crippen molar-refractivity contribution >= 4 is 21.4 Å². The SMILES string of the molecule is CNS(=O)(=O)c1ccc(N[C@H]2CCCC[C@H]2n2cccn2)c([N+](=O)[O-])c1. The highest BCUT2D eigenvalue weighted by Gasteiger charge is 2.29. The van der Waals surface area contributed by atoms with Crippen LogP contribution >= 0.6 is 0 Å². The minimum Gasteiger partial charge on any atom is -0.375 e. The summed E-state index contributed by atoms with van der Waals surface area (Å²) < 4.78 is 27.9. The van der Waals surface area contributed by atoms with Gasteiger partial charge >= 0.3 is 0 Å². The number of nitrogens with zero attached hydrogens (tertiary/aromatic N) is 3. The molecule has 0 spiro atoms. The van der Waals surface area contributed by atoms with Gasteiger partial charge in [-0.2, -0.15) is 5.10 Å². The summed E-state index contributed by atoms with van der Waals surface area (Å²) >= 11 is 0. The number of hydrogen-bond donors (Lipinski definition) is 2. The van der Waals surface area contributed by atoms with Crippen molar-refractivity contribution in [2.24, 2.45) is 0 Å². The van der Waals surface area contributed by atoms with Crippen LogP contribution in [0.1, 0.15) is 31.7 Å². The van der Waals surface area contributed by atoms with Crippen LogP contribution in [-0.4, -0.2) is 36.2 Å². The molecule has 3 rings (SSSR count). The number of nitrogens with one attached hydrogen (secondary N) is 2. The zero-order valence-corrected chi connectivity index (χ0v) is 15.1. The van der Waals surface area contributed by atoms with E-state index in [1.807, 2.05) is 16.9 Å². The molecular formula is C16H21N5O4S. The van der Waals surface area contributed by atoms with Gasteiger partial charge in [0.15, 0.2) is 0 Å². The molecule has 0 aliphatic heterocycles. The summed E-state index contributed by atoms with van der Waals surface area (Å²) in [6.45, 7) is 0. The van der Waals surface area contributed by atoms with Gasteiger partial charge in [0.05, 0.1) is 15.9 Å². The van der Waals surface area contributed by atoms with Gasteiger partial charge in [-0.3, -0.25) is 14.8 Å². The van der Waals surface area contributed by atoms with Gasteiger partial charge in [-0.1, -0.05) is 12.8 Å². The predicted molar refractivity (Wildman–Crippen MR) is 96.5 cm³/mol. The van der Waals surface area contributed by atoms with Crippen LogP contribution in [0.25, 0.3) is 0 Å². The third-order valence-electron chi connectivity index (χ3n) is 4.68. The standard InChI is InChI=1S/C16H21N5O4S/c1-17-26(24,25)12-7-8-14(16(11-12)21(22)23)19-13-5-2-3-6-15(13)20-10-4-9-18-20/h4,7-11,13,15,17,19H,2-3,5-6H2,1H3/t13-,15+/m0/s1. The average Bonchev–Trinajstić information content (AvgIpc) is 3.16. The molecule has 2 aromatic rings. The summed E-state index contributed by atoms with van der Waals surface area (Å²) in [5.74, 6) is 0. The molecule has 1 fully saturated rings. The normalized spacial score (nSPS) is 20.7. The molecule has 2 N–H and O–H groups in total. The van der Waals surface area contributed by atoms with E-state index in [-0.39, 0.29) is 22.7 Å². The molecule has 10 heteroatoms. The van der Waals surface area contributed by atoms with Gasteiger partial charge in [-0.05, 0) is 38.1 Å². The molecule has 1 aliphatic rings. The van der Waals surface area contributed by atoms with Crippen LogP contribution in [0.3, 0.4) is 0 Å². The maximum absolute atomic E-state index is 11.9. The number of nitro groups is 1. The maximum atomic E-state index is 11.9. The Kier molecular flexibility index (Phi) is 5.23. The summed E-state index contributed by atoms with van der Waals surface area (Å²) in [5, 5.41) is 19.0. The Labute approximate surface area is 151 Å². The number of rotatable bonds is 6. The first kappa shape index (κ1) is 18.3. The highest BCUT2D eigenvalue weighted by Crippen LogP contribution is 2.34. The van der Waals surface area contributed by atoms with E-state index in [2.05, 4.69) is 15.1 Å². The van der Waals surface area contributed by atoms with Crippen molar-refractivity contribution in [2.45, 2.75) is 42.7 Å². The minimum absolute atomic E-state index is 0.0193. The van der Waals surface area contributed by atoms with Crippen LogP contribution in [0.2, 0.25) is 0 Å². The van der Waals surface area contributed by atoms with E-state index < -0.39 is 14.9 Å². The molecule has 0 saturated heterocycles. The first-order chi connectivity index (χ1) is 12.4. The van der Waals surface area contributed by atoms with Gasteiger partial charge in [0.25, 0.3) is 5.69 Å². The largest absolute Gasteiger partial charge is 0.375 e. The Bertz CT molecular complexity index is 882. The van der Waals surface area contributed by atoms with Crippen molar-refractivity contribution in [3.63, 3.8) is 0 Å². The second-order valence-electron chi connectivity index (χ2n) is 6.23. The Morgan fingerprint density at radius 2 is 2.08 bits per heavy atom. The number of benzene rings is 1. The van der Waals surface area contributed by atoms with Gasteiger partial charge in [-0.15, -0.1) is 0 Å². The summed E-state index contributed by atoms with van der Waals surface area (Å²) in [4.78, 5) is 10.8. The van der Waals surface area contributed by atoms with E-state index in [4.69, 9.17) is 0 Å². The van der Waals surface area contributed by atoms with Gasteiger partial charge in [0, 0.05) is 24.5 Å². The van der Waals surface area contributed by atoms with Crippen LogP contribution in [-0.2, 0) is 10.0 Å². The Morgan fingerprint density at radius 3 is 2.73 bits per heavy atom. The van der Waals surface area contributed by atoms with E-state index in [1.54, 1.807) is 6.20 Å². The molecule has 1 aromatic heterocycles. The van der Waals surface area contributed by atoms with Crippen molar-refractivity contribution in [1.29, 1.82) is 0 Å². The lowest BCUT2D eigenvalue weighted by atomic mass is 9.90. The molecule has 9 nitrogen and oxygen atoms in total. The zero-order valence-electron chi connectivity index (χ0n) is 14.3. The van der Waals surface area contributed by atoms with Crippen LogP contribution in [0.4, 0.5) is 11.4 Å². The summed E-state index contributed by atoms with van der Waals surface area (Å²) in [7, 11) is -2.48. The van der Waals surface area contributed by atoms with E-state index in [1.165, 1.54) is 19.2 Å². The molecule has 0 amide bonds. The van der Waals surface area contributed by atoms with E-state index in [0.29, 0.717) is 5.69 Å². The van der Waals surface area contributed by atoms with Gasteiger partial charge < -0.3 is 5.32 Å². The molecule has 26 heavy (non-hydrogen) atoms. The third kappa shape index (κ3) is 3.70. The molecule has 1 aromatic carbocycles. The van der Waals surface area contributed by atoms with Crippen molar-refractivity contribution in [3.05, 3.63) is 46.8 Å². The van der Waals surface area contributed by atoms with Gasteiger partial charge in [0.2, 0.25) is 10.0 Å². The lowest BCUT2D eigenvalue weighted by Gasteiger charge is -2.33. The molecule has 1 aliphatic carbocycles. The lowest BCUT2D eigenvalue weighted by Crippen LogP contribution is -2.34. The van der Waals surface area contributed by atoms with Crippen LogP contribution in [0, 0.1) is 10.1 Å². The van der Waals surface area contributed by atoms with E-state index in [9.17, 15) is 18.5 Å². The predicted octanol–water partition coefficient (Wildman–Crippen LogP) is 2.30. The van der Waals surface area contributed by atoms with Crippen LogP contribution in [0.5, 0.6) is 0 Å². The average molecular weight is 379 g/mol. The van der Waals surface area contributed by atoms with Crippen molar-refractivity contribution < 1.29 is 13.3 Å². The van der Waals surface area contributed by atoms with Crippen molar-refractivity contribution in [3.8, 4) is 0 Å². The number of hydrogen-bond acceptors (Lipinski definition) is 6. The van der Waals surface area contributed by atoms with E-state index in [0.717, 1.165) is 31.7 Å². The number of anilines is 1. The highest BCUT2D eigenvalue weighted by molar-refractivity contribution is 7.89. The fourth-order valence-corrected chi connectivity index (χ4v) is 4.09. The first-order valence-electron chi connectivity index (χ1n) is 8.40. The van der Waals surface area contributed by atoms with Crippen molar-refractivity contribution in [2.75, 3.05) is 12.4 Å². The Hall–Kier alpha value is -2.46. The monoisotopic (exact) mass is 379 g/mol. The minimum atomic E-state index is -3.75. The molecule has 2 atom stereocenters. The topological polar surface area (TPSA) is 119 Å². The zero-order chi connectivity index (χ0) is 18.7. The maximum Gasteiger partial charge on any atom is 0.293 e. The Morgan fingerprint density at radius 1 is 1.31 bits per heavy atom. The lowest BCUT2D eigenvalue weighted by molar-refractivity contribution is -0.384. The molecular weight excluding hydrogens is 358 g/mol. The third-order valence-corrected chi connectivity index (χ3v) is 6.09. The number of sulfonamides is 1. The quantitative estimate of drug-likeness (QED) is 0.587. The molecule has 0 unspecified atom stereocenters. The molecule has 1 heterocycles. The van der Waals surface area contributed by atoms with E-state index >= 15 is 0 Å². The second-order valence-corrected chi connectivity index (χ2v) is 8.12. The number of nitro benzene ring substituents is 1. The first-order valence-corrected chi connectivity index (χ1v) is 9.88. The van der Waals surface area contributed by atoms with Gasteiger partial charge in [0.1, 0.15) is 5.69 Å². The summed E-state index contributed by atoms with van der Waals surface area (Å²) in [5.41, 5.74) is 0.0558. The molecule has 1 saturated carbocycles. The summed E-state index contributed by atoms with van der Waals surface area (Å²) in [6, 6.07) is 5.84.